The van der Waals surface area contributed by atoms with E-state index in [1.165, 1.54) is 6.42 Å². The van der Waals surface area contributed by atoms with E-state index in [2.05, 4.69) is 10.3 Å². The van der Waals surface area contributed by atoms with Gasteiger partial charge in [0.15, 0.2) is 0 Å². The van der Waals surface area contributed by atoms with Crippen LogP contribution in [-0.2, 0) is 4.79 Å². The first kappa shape index (κ1) is 19.2. The molecule has 0 bridgehead atoms. The van der Waals surface area contributed by atoms with Gasteiger partial charge in [-0.15, -0.1) is 0 Å². The van der Waals surface area contributed by atoms with Crippen LogP contribution in [0.4, 0.5) is 11.4 Å². The number of amides is 1. The lowest BCUT2D eigenvalue weighted by Crippen LogP contribution is -2.58. The summed E-state index contributed by atoms with van der Waals surface area (Å²) in [7, 11) is 3.73. The molecule has 1 heterocycles. The Labute approximate surface area is 160 Å². The molecule has 8 heteroatoms. The van der Waals surface area contributed by atoms with Crippen molar-refractivity contribution in [2.45, 2.75) is 44.7 Å². The van der Waals surface area contributed by atoms with Crippen molar-refractivity contribution >= 4 is 29.2 Å². The van der Waals surface area contributed by atoms with E-state index in [-0.39, 0.29) is 11.9 Å². The Kier molecular flexibility index (Phi) is 5.36. The summed E-state index contributed by atoms with van der Waals surface area (Å²) < 4.78 is 0. The quantitative estimate of drug-likeness (QED) is 0.744. The number of nitrogens with two attached hydrogens (primary N) is 2. The van der Waals surface area contributed by atoms with Crippen LogP contribution in [0.1, 0.15) is 37.7 Å². The van der Waals surface area contributed by atoms with Gasteiger partial charge in [0.25, 0.3) is 0 Å². The Morgan fingerprint density at radius 1 is 1.26 bits per heavy atom. The van der Waals surface area contributed by atoms with Gasteiger partial charge in [-0.25, -0.2) is 4.99 Å². The zero-order valence-corrected chi connectivity index (χ0v) is 16.3. The van der Waals surface area contributed by atoms with Crippen LogP contribution >= 0.6 is 0 Å². The standard InChI is InChI=1S/C19H29N7O/c1-13-7-8-14(11-15(13)22-16(27)12-25(2)3)26-18(21)23-17(20)24-19(26)9-5-4-6-10-19/h7-8,11H,4-6,9-10,12H2,1-3H3,(H,22,27)(H4,20,21,23,24). The predicted octanol–water partition coefficient (Wildman–Crippen LogP) is 1.60. The summed E-state index contributed by atoms with van der Waals surface area (Å²) in [6.07, 6.45) is 5.07. The number of rotatable bonds is 4. The highest BCUT2D eigenvalue weighted by atomic mass is 16.2. The van der Waals surface area contributed by atoms with E-state index in [4.69, 9.17) is 16.5 Å². The average molecular weight is 371 g/mol. The van der Waals surface area contributed by atoms with E-state index >= 15 is 0 Å². The maximum absolute atomic E-state index is 12.2. The molecule has 8 nitrogen and oxygen atoms in total. The highest BCUT2D eigenvalue weighted by Crippen LogP contribution is 2.40. The maximum Gasteiger partial charge on any atom is 0.238 e. The van der Waals surface area contributed by atoms with Gasteiger partial charge in [-0.2, -0.15) is 4.99 Å². The lowest BCUT2D eigenvalue weighted by molar-refractivity contribution is -0.116. The number of carbonyl (C=O) groups is 1. The minimum absolute atomic E-state index is 0.0600. The van der Waals surface area contributed by atoms with Crippen molar-refractivity contribution in [3.8, 4) is 0 Å². The van der Waals surface area contributed by atoms with E-state index in [1.54, 1.807) is 0 Å². The summed E-state index contributed by atoms with van der Waals surface area (Å²) >= 11 is 0. The number of nitrogens with zero attached hydrogens (tertiary/aromatic N) is 4. The molecule has 0 aromatic heterocycles. The number of hydrogen-bond acceptors (Lipinski definition) is 7. The second-order valence-electron chi connectivity index (χ2n) is 7.60. The molecule has 1 aliphatic carbocycles. The second kappa shape index (κ2) is 7.56. The third-order valence-electron chi connectivity index (χ3n) is 5.06. The molecule has 0 radical (unpaired) electrons. The van der Waals surface area contributed by atoms with Crippen LogP contribution in [-0.4, -0.2) is 49.0 Å². The highest BCUT2D eigenvalue weighted by molar-refractivity contribution is 6.06. The van der Waals surface area contributed by atoms with Gasteiger partial charge >= 0.3 is 0 Å². The molecule has 0 atom stereocenters. The number of hydrogen-bond donors (Lipinski definition) is 3. The molecule has 0 saturated heterocycles. The summed E-state index contributed by atoms with van der Waals surface area (Å²) in [5, 5.41) is 2.99. The second-order valence-corrected chi connectivity index (χ2v) is 7.60. The molecule has 1 aliphatic heterocycles. The number of carbonyl (C=O) groups excluding carboxylic acids is 1. The summed E-state index contributed by atoms with van der Waals surface area (Å²) in [5.41, 5.74) is 14.3. The molecule has 146 valence electrons. The molecule has 1 saturated carbocycles. The first-order valence-corrected chi connectivity index (χ1v) is 9.36. The number of nitrogens with one attached hydrogen (secondary N) is 1. The fourth-order valence-corrected chi connectivity index (χ4v) is 3.86. The normalized spacial score (nSPS) is 19.0. The molecule has 5 N–H and O–H groups in total. The zero-order chi connectivity index (χ0) is 19.6. The van der Waals surface area contributed by atoms with Gasteiger partial charge in [-0.3, -0.25) is 9.69 Å². The fraction of sp³-hybridized carbons (Fsp3) is 0.526. The molecular weight excluding hydrogens is 342 g/mol. The zero-order valence-electron chi connectivity index (χ0n) is 16.3. The Balaban J connectivity index is 1.95. The summed E-state index contributed by atoms with van der Waals surface area (Å²) in [4.78, 5) is 24.9. The summed E-state index contributed by atoms with van der Waals surface area (Å²) in [6, 6.07) is 5.91. The van der Waals surface area contributed by atoms with Crippen LogP contribution in [0, 0.1) is 6.92 Å². The lowest BCUT2D eigenvalue weighted by Gasteiger charge is -2.45. The van der Waals surface area contributed by atoms with E-state index in [9.17, 15) is 4.79 Å². The predicted molar refractivity (Wildman–Crippen MR) is 110 cm³/mol. The molecule has 1 spiro atoms. The number of guanidine groups is 2. The number of likely N-dealkylation sites (N-methyl/N-ethyl adjacent to an activating group) is 1. The molecule has 3 rings (SSSR count). The molecule has 2 aliphatic rings. The van der Waals surface area contributed by atoms with Crippen LogP contribution in [0.2, 0.25) is 0 Å². The fourth-order valence-electron chi connectivity index (χ4n) is 3.86. The Bertz CT molecular complexity index is 778. The SMILES string of the molecule is Cc1ccc(N2C(N)=NC(N)=NC23CCCCC3)cc1NC(=O)CN(C)C. The van der Waals surface area contributed by atoms with Gasteiger partial charge < -0.3 is 21.7 Å². The van der Waals surface area contributed by atoms with Crippen LogP contribution in [0.25, 0.3) is 0 Å². The highest BCUT2D eigenvalue weighted by Gasteiger charge is 2.42. The topological polar surface area (TPSA) is 112 Å². The minimum Gasteiger partial charge on any atom is -0.369 e. The van der Waals surface area contributed by atoms with E-state index in [0.29, 0.717) is 12.5 Å². The first-order chi connectivity index (χ1) is 12.8. The largest absolute Gasteiger partial charge is 0.369 e. The molecule has 1 aromatic rings. The number of benzene rings is 1. The van der Waals surface area contributed by atoms with Crippen molar-refractivity contribution in [3.05, 3.63) is 23.8 Å². The van der Waals surface area contributed by atoms with Crippen LogP contribution in [0.5, 0.6) is 0 Å². The molecule has 1 aromatic carbocycles. The first-order valence-electron chi connectivity index (χ1n) is 9.36. The number of aliphatic imine (C=N–C) groups is 2. The van der Waals surface area contributed by atoms with Crippen molar-refractivity contribution in [1.29, 1.82) is 0 Å². The van der Waals surface area contributed by atoms with Gasteiger partial charge in [-0.05, 0) is 64.4 Å². The van der Waals surface area contributed by atoms with Crippen LogP contribution < -0.4 is 21.7 Å². The van der Waals surface area contributed by atoms with Crippen LogP contribution in [0.3, 0.4) is 0 Å². The minimum atomic E-state index is -0.492. The van der Waals surface area contributed by atoms with E-state index in [1.807, 2.05) is 49.0 Å². The third kappa shape index (κ3) is 4.05. The van der Waals surface area contributed by atoms with Gasteiger partial charge in [0, 0.05) is 11.4 Å². The third-order valence-corrected chi connectivity index (χ3v) is 5.06. The van der Waals surface area contributed by atoms with E-state index in [0.717, 1.165) is 42.6 Å². The number of aryl methyl sites for hydroxylation is 1. The van der Waals surface area contributed by atoms with Crippen molar-refractivity contribution in [2.24, 2.45) is 21.5 Å². The van der Waals surface area contributed by atoms with Crippen molar-refractivity contribution < 1.29 is 4.79 Å². The van der Waals surface area contributed by atoms with Crippen molar-refractivity contribution in [1.82, 2.24) is 4.90 Å². The van der Waals surface area contributed by atoms with E-state index < -0.39 is 5.66 Å². The van der Waals surface area contributed by atoms with Gasteiger partial charge in [-0.1, -0.05) is 12.5 Å². The maximum atomic E-state index is 12.2. The Morgan fingerprint density at radius 3 is 2.63 bits per heavy atom. The summed E-state index contributed by atoms with van der Waals surface area (Å²) in [6.45, 7) is 2.29. The smallest absolute Gasteiger partial charge is 0.238 e. The number of anilines is 2. The molecule has 1 amide bonds. The van der Waals surface area contributed by atoms with Gasteiger partial charge in [0.2, 0.25) is 17.8 Å². The Morgan fingerprint density at radius 2 is 1.96 bits per heavy atom. The molecule has 1 fully saturated rings. The average Bonchev–Trinajstić information content (AvgIpc) is 2.57. The van der Waals surface area contributed by atoms with Crippen LogP contribution in [0.15, 0.2) is 28.2 Å². The molecular formula is C19H29N7O. The molecule has 27 heavy (non-hydrogen) atoms. The van der Waals surface area contributed by atoms with Crippen molar-refractivity contribution in [2.75, 3.05) is 30.9 Å². The van der Waals surface area contributed by atoms with Gasteiger partial charge in [0.05, 0.1) is 6.54 Å². The molecule has 0 unspecified atom stereocenters. The lowest BCUT2D eigenvalue weighted by atomic mass is 9.87. The summed E-state index contributed by atoms with van der Waals surface area (Å²) in [5.74, 6) is 0.520. The van der Waals surface area contributed by atoms with Gasteiger partial charge in [0.1, 0.15) is 5.66 Å². The monoisotopic (exact) mass is 371 g/mol. The van der Waals surface area contributed by atoms with Crippen molar-refractivity contribution in [3.63, 3.8) is 0 Å². The Hall–Kier alpha value is -2.61.